The first-order valence-electron chi connectivity index (χ1n) is 5.65. The molecule has 0 spiro atoms. The lowest BCUT2D eigenvalue weighted by atomic mass is 10.4. The number of hydrogen-bond donors (Lipinski definition) is 1. The largest absolute Gasteiger partial charge is 0.384 e. The van der Waals surface area contributed by atoms with E-state index in [1.54, 1.807) is 16.4 Å². The Hall–Kier alpha value is -0.850. The van der Waals surface area contributed by atoms with Gasteiger partial charge in [-0.3, -0.25) is 0 Å². The predicted molar refractivity (Wildman–Crippen MR) is 75.5 cm³/mol. The summed E-state index contributed by atoms with van der Waals surface area (Å²) < 4.78 is 2.75. The van der Waals surface area contributed by atoms with E-state index in [4.69, 9.17) is 0 Å². The van der Waals surface area contributed by atoms with Gasteiger partial charge in [0.15, 0.2) is 5.82 Å². The second-order valence-electron chi connectivity index (χ2n) is 3.72. The van der Waals surface area contributed by atoms with Crippen LogP contribution in [-0.2, 0) is 6.54 Å². The number of halogens is 1. The Kier molecular flexibility index (Phi) is 4.79. The first kappa shape index (κ1) is 13.6. The zero-order chi connectivity index (χ0) is 13.0. The molecule has 0 aliphatic carbocycles. The monoisotopic (exact) mass is 327 g/mol. The number of thioether (sulfide) groups is 1. The summed E-state index contributed by atoms with van der Waals surface area (Å²) in [5.41, 5.74) is 0. The van der Waals surface area contributed by atoms with Gasteiger partial charge in [-0.05, 0) is 25.1 Å². The van der Waals surface area contributed by atoms with Crippen molar-refractivity contribution in [2.24, 2.45) is 0 Å². The zero-order valence-corrected chi connectivity index (χ0v) is 12.4. The number of aliphatic hydroxyl groups is 1. The molecular weight excluding hydrogens is 314 g/mol. The highest BCUT2D eigenvalue weighted by atomic mass is 79.9. The molecule has 0 aliphatic rings. The highest BCUT2D eigenvalue weighted by Gasteiger charge is 2.14. The minimum atomic E-state index is -0.601. The summed E-state index contributed by atoms with van der Waals surface area (Å²) in [6.07, 6.45) is 0.877. The number of aliphatic hydroxyl groups excluding tert-OH is 1. The van der Waals surface area contributed by atoms with Crippen LogP contribution in [0.5, 0.6) is 0 Å². The summed E-state index contributed by atoms with van der Waals surface area (Å²) in [4.78, 5) is 5.21. The van der Waals surface area contributed by atoms with Gasteiger partial charge in [-0.2, -0.15) is 5.10 Å². The van der Waals surface area contributed by atoms with Crippen molar-refractivity contribution in [1.29, 1.82) is 0 Å². The van der Waals surface area contributed by atoms with Crippen LogP contribution in [0, 0.1) is 0 Å². The first-order valence-corrected chi connectivity index (χ1v) is 7.42. The number of nitrogens with zero attached hydrogens (tertiary/aromatic N) is 3. The molecule has 96 valence electrons. The molecule has 0 fully saturated rings. The van der Waals surface area contributed by atoms with Crippen molar-refractivity contribution in [2.75, 3.05) is 5.75 Å². The van der Waals surface area contributed by atoms with E-state index in [9.17, 15) is 5.11 Å². The topological polar surface area (TPSA) is 50.9 Å². The Labute approximate surface area is 119 Å². The smallest absolute Gasteiger partial charge is 0.156 e. The third-order valence-electron chi connectivity index (χ3n) is 2.45. The molecule has 1 heterocycles. The maximum atomic E-state index is 10.1. The second kappa shape index (κ2) is 6.36. The molecule has 1 aromatic carbocycles. The zero-order valence-electron chi connectivity index (χ0n) is 9.95. The molecule has 6 heteroatoms. The van der Waals surface area contributed by atoms with Gasteiger partial charge < -0.3 is 5.11 Å². The Balaban J connectivity index is 1.98. The SMILES string of the molecule is CCn1ncnc1C(O)CSc1cccc(Br)c1. The Morgan fingerprint density at radius 3 is 3.06 bits per heavy atom. The van der Waals surface area contributed by atoms with Crippen LogP contribution in [0.3, 0.4) is 0 Å². The summed E-state index contributed by atoms with van der Waals surface area (Å²) >= 11 is 5.03. The third-order valence-corrected chi connectivity index (χ3v) is 4.01. The lowest BCUT2D eigenvalue weighted by Gasteiger charge is -2.10. The summed E-state index contributed by atoms with van der Waals surface area (Å²) in [7, 11) is 0. The van der Waals surface area contributed by atoms with Gasteiger partial charge in [0.05, 0.1) is 0 Å². The van der Waals surface area contributed by atoms with Gasteiger partial charge in [0, 0.05) is 21.7 Å². The highest BCUT2D eigenvalue weighted by Crippen LogP contribution is 2.25. The van der Waals surface area contributed by atoms with Crippen LogP contribution in [-0.4, -0.2) is 25.6 Å². The van der Waals surface area contributed by atoms with E-state index in [0.29, 0.717) is 18.1 Å². The molecule has 2 rings (SSSR count). The van der Waals surface area contributed by atoms with Gasteiger partial charge in [-0.25, -0.2) is 9.67 Å². The van der Waals surface area contributed by atoms with Crippen LogP contribution in [0.2, 0.25) is 0 Å². The Morgan fingerprint density at radius 1 is 1.50 bits per heavy atom. The molecule has 0 radical (unpaired) electrons. The molecular formula is C12H14BrN3OS. The van der Waals surface area contributed by atoms with Crippen molar-refractivity contribution < 1.29 is 5.11 Å². The van der Waals surface area contributed by atoms with Crippen LogP contribution in [0.4, 0.5) is 0 Å². The number of aryl methyl sites for hydroxylation is 1. The number of hydrogen-bond acceptors (Lipinski definition) is 4. The van der Waals surface area contributed by atoms with Gasteiger partial charge in [0.2, 0.25) is 0 Å². The van der Waals surface area contributed by atoms with Crippen molar-refractivity contribution in [3.63, 3.8) is 0 Å². The molecule has 2 aromatic rings. The minimum Gasteiger partial charge on any atom is -0.384 e. The van der Waals surface area contributed by atoms with Gasteiger partial charge in [0.1, 0.15) is 12.4 Å². The maximum Gasteiger partial charge on any atom is 0.156 e. The fourth-order valence-corrected chi connectivity index (χ4v) is 3.02. The molecule has 1 aromatic heterocycles. The molecule has 18 heavy (non-hydrogen) atoms. The van der Waals surface area contributed by atoms with Gasteiger partial charge in [-0.1, -0.05) is 22.0 Å². The molecule has 0 saturated heterocycles. The second-order valence-corrected chi connectivity index (χ2v) is 5.73. The summed E-state index contributed by atoms with van der Waals surface area (Å²) in [6.45, 7) is 2.69. The Morgan fingerprint density at radius 2 is 2.33 bits per heavy atom. The third kappa shape index (κ3) is 3.34. The van der Waals surface area contributed by atoms with Crippen LogP contribution in [0.1, 0.15) is 18.9 Å². The molecule has 1 N–H and O–H groups in total. The molecule has 0 amide bonds. The quantitative estimate of drug-likeness (QED) is 0.858. The lowest BCUT2D eigenvalue weighted by Crippen LogP contribution is -2.11. The number of benzene rings is 1. The molecule has 0 bridgehead atoms. The molecule has 0 saturated carbocycles. The normalized spacial score (nSPS) is 12.6. The standard InChI is InChI=1S/C12H14BrN3OS/c1-2-16-12(14-8-15-16)11(17)7-18-10-5-3-4-9(13)6-10/h3-6,8,11,17H,2,7H2,1H3. The molecule has 4 nitrogen and oxygen atoms in total. The molecule has 1 unspecified atom stereocenters. The fraction of sp³-hybridized carbons (Fsp3) is 0.333. The Bertz CT molecular complexity index is 518. The van der Waals surface area contributed by atoms with Crippen LogP contribution >= 0.6 is 27.7 Å². The van der Waals surface area contributed by atoms with Crippen LogP contribution in [0.15, 0.2) is 40.0 Å². The van der Waals surface area contributed by atoms with Gasteiger partial charge >= 0.3 is 0 Å². The van der Waals surface area contributed by atoms with E-state index >= 15 is 0 Å². The van der Waals surface area contributed by atoms with E-state index in [1.165, 1.54) is 6.33 Å². The average molecular weight is 328 g/mol. The lowest BCUT2D eigenvalue weighted by molar-refractivity contribution is 0.187. The summed E-state index contributed by atoms with van der Waals surface area (Å²) in [5, 5.41) is 14.1. The molecule has 0 aliphatic heterocycles. The van der Waals surface area contributed by atoms with Crippen molar-refractivity contribution in [2.45, 2.75) is 24.5 Å². The van der Waals surface area contributed by atoms with Crippen LogP contribution < -0.4 is 0 Å². The van der Waals surface area contributed by atoms with Crippen LogP contribution in [0.25, 0.3) is 0 Å². The van der Waals surface area contributed by atoms with Gasteiger partial charge in [0.25, 0.3) is 0 Å². The van der Waals surface area contributed by atoms with E-state index in [-0.39, 0.29) is 0 Å². The van der Waals surface area contributed by atoms with E-state index in [2.05, 4.69) is 26.0 Å². The van der Waals surface area contributed by atoms with E-state index in [0.717, 1.165) is 9.37 Å². The average Bonchev–Trinajstić information content (AvgIpc) is 2.84. The van der Waals surface area contributed by atoms with E-state index < -0.39 is 6.10 Å². The van der Waals surface area contributed by atoms with Crippen molar-refractivity contribution in [3.8, 4) is 0 Å². The summed E-state index contributed by atoms with van der Waals surface area (Å²) in [6, 6.07) is 8.01. The summed E-state index contributed by atoms with van der Waals surface area (Å²) in [5.74, 6) is 1.19. The maximum absolute atomic E-state index is 10.1. The number of rotatable bonds is 5. The molecule has 1 atom stereocenters. The van der Waals surface area contributed by atoms with Gasteiger partial charge in [-0.15, -0.1) is 11.8 Å². The fourth-order valence-electron chi connectivity index (χ4n) is 1.58. The predicted octanol–water partition coefficient (Wildman–Crippen LogP) is 2.89. The number of aromatic nitrogens is 3. The highest BCUT2D eigenvalue weighted by molar-refractivity contribution is 9.10. The van der Waals surface area contributed by atoms with Crippen molar-refractivity contribution in [3.05, 3.63) is 40.9 Å². The van der Waals surface area contributed by atoms with E-state index in [1.807, 2.05) is 31.2 Å². The van der Waals surface area contributed by atoms with Crippen molar-refractivity contribution >= 4 is 27.7 Å². The first-order chi connectivity index (χ1) is 8.70. The minimum absolute atomic E-state index is 0.565. The van der Waals surface area contributed by atoms with Crippen molar-refractivity contribution in [1.82, 2.24) is 14.8 Å².